The Morgan fingerprint density at radius 3 is 2.62 bits per heavy atom. The van der Waals surface area contributed by atoms with Gasteiger partial charge in [-0.05, 0) is 55.0 Å². The van der Waals surface area contributed by atoms with Crippen LogP contribution in [-0.2, 0) is 0 Å². The number of piperidine rings is 1. The van der Waals surface area contributed by atoms with E-state index in [1.54, 1.807) is 0 Å². The molecule has 29 heavy (non-hydrogen) atoms. The van der Waals surface area contributed by atoms with Gasteiger partial charge in [0.15, 0.2) is 0 Å². The highest BCUT2D eigenvalue weighted by molar-refractivity contribution is 7.12. The second kappa shape index (κ2) is 7.60. The molecule has 146 valence electrons. The Morgan fingerprint density at radius 1 is 1.07 bits per heavy atom. The summed E-state index contributed by atoms with van der Waals surface area (Å²) in [5, 5.41) is 1.16. The molecular weight excluding hydrogens is 374 g/mol. The van der Waals surface area contributed by atoms with Crippen molar-refractivity contribution in [3.05, 3.63) is 87.6 Å². The van der Waals surface area contributed by atoms with E-state index in [2.05, 4.69) is 59.8 Å². The lowest BCUT2D eigenvalue weighted by Crippen LogP contribution is -2.34. The molecule has 4 heteroatoms. The van der Waals surface area contributed by atoms with Crippen molar-refractivity contribution in [3.8, 4) is 0 Å². The van der Waals surface area contributed by atoms with E-state index in [-0.39, 0.29) is 0 Å². The van der Waals surface area contributed by atoms with Crippen LogP contribution >= 0.6 is 11.3 Å². The van der Waals surface area contributed by atoms with Gasteiger partial charge in [-0.2, -0.15) is 0 Å². The fourth-order valence-corrected chi connectivity index (χ4v) is 5.64. The van der Waals surface area contributed by atoms with Gasteiger partial charge in [-0.3, -0.25) is 4.98 Å². The molecule has 1 saturated heterocycles. The minimum absolute atomic E-state index is 0.373. The predicted octanol–water partition coefficient (Wildman–Crippen LogP) is 5.85. The molecule has 0 N–H and O–H groups in total. The summed E-state index contributed by atoms with van der Waals surface area (Å²) in [5.74, 6) is 0.968. The van der Waals surface area contributed by atoms with Crippen molar-refractivity contribution in [1.29, 1.82) is 0 Å². The van der Waals surface area contributed by atoms with Gasteiger partial charge in [0.2, 0.25) is 0 Å². The molecule has 0 radical (unpaired) electrons. The average molecular weight is 400 g/mol. The fourth-order valence-electron chi connectivity index (χ4n) is 4.77. The molecule has 3 heterocycles. The topological polar surface area (TPSA) is 29.0 Å². The van der Waals surface area contributed by atoms with Crippen LogP contribution in [0.25, 0.3) is 17.8 Å². The molecule has 1 atom stereocenters. The van der Waals surface area contributed by atoms with E-state index in [9.17, 15) is 0 Å². The average Bonchev–Trinajstić information content (AvgIpc) is 3.06. The van der Waals surface area contributed by atoms with E-state index < -0.39 is 0 Å². The molecule has 0 spiro atoms. The number of aromatic nitrogens is 2. The number of likely N-dealkylation sites (tertiary alicyclic amines) is 1. The van der Waals surface area contributed by atoms with E-state index in [0.29, 0.717) is 11.8 Å². The molecule has 0 bridgehead atoms. The number of aryl methyl sites for hydroxylation is 1. The summed E-state index contributed by atoms with van der Waals surface area (Å²) >= 11 is 1.82. The molecule has 2 aromatic heterocycles. The maximum absolute atomic E-state index is 5.00. The van der Waals surface area contributed by atoms with E-state index in [0.717, 1.165) is 36.6 Å². The standard InChI is InChI=1S/C25H25N3S/c1-17(19-9-13-26-14-10-19)28-15-11-21(12-16-28)24-22-6-4-3-5-20(22)7-8-23-25(24)27-18(2)29-23/h3-10,13-14,21,24H,1,11-12,15-16H2,2H3. The summed E-state index contributed by atoms with van der Waals surface area (Å²) in [7, 11) is 0. The first-order chi connectivity index (χ1) is 14.2. The zero-order chi connectivity index (χ0) is 19.8. The van der Waals surface area contributed by atoms with Crippen LogP contribution in [0.3, 0.4) is 0 Å². The number of hydrogen-bond acceptors (Lipinski definition) is 4. The first kappa shape index (κ1) is 18.3. The van der Waals surface area contributed by atoms with E-state index in [4.69, 9.17) is 4.98 Å². The van der Waals surface area contributed by atoms with Crippen molar-refractivity contribution < 1.29 is 0 Å². The summed E-state index contributed by atoms with van der Waals surface area (Å²) in [6.45, 7) is 8.55. The van der Waals surface area contributed by atoms with E-state index >= 15 is 0 Å². The molecule has 1 unspecified atom stereocenters. The van der Waals surface area contributed by atoms with Gasteiger partial charge in [-0.15, -0.1) is 11.3 Å². The van der Waals surface area contributed by atoms with Crippen LogP contribution < -0.4 is 0 Å². The fraction of sp³-hybridized carbons (Fsp3) is 0.280. The summed E-state index contributed by atoms with van der Waals surface area (Å²) in [6.07, 6.45) is 10.5. The van der Waals surface area contributed by atoms with Crippen molar-refractivity contribution >= 4 is 29.2 Å². The molecule has 3 aromatic rings. The Morgan fingerprint density at radius 2 is 1.83 bits per heavy atom. The van der Waals surface area contributed by atoms with Gasteiger partial charge in [0.05, 0.1) is 15.6 Å². The highest BCUT2D eigenvalue weighted by Gasteiger charge is 2.34. The van der Waals surface area contributed by atoms with Crippen LogP contribution in [0.15, 0.2) is 55.4 Å². The van der Waals surface area contributed by atoms with Gasteiger partial charge in [0.25, 0.3) is 0 Å². The van der Waals surface area contributed by atoms with Crippen LogP contribution in [0.4, 0.5) is 0 Å². The molecular formula is C25H25N3S. The normalized spacial score (nSPS) is 18.8. The third-order valence-corrected chi connectivity index (χ3v) is 7.19. The summed E-state index contributed by atoms with van der Waals surface area (Å²) < 4.78 is 0. The van der Waals surface area contributed by atoms with Gasteiger partial charge in [0, 0.05) is 42.7 Å². The monoisotopic (exact) mass is 399 g/mol. The van der Waals surface area contributed by atoms with Crippen LogP contribution in [0.5, 0.6) is 0 Å². The summed E-state index contributed by atoms with van der Waals surface area (Å²) in [4.78, 5) is 12.9. The molecule has 5 rings (SSSR count). The number of fused-ring (bicyclic) bond motifs is 2. The maximum atomic E-state index is 5.00. The number of thiazole rings is 1. The first-order valence-corrected chi connectivity index (χ1v) is 11.1. The van der Waals surface area contributed by atoms with Crippen molar-refractivity contribution in [2.45, 2.75) is 25.7 Å². The zero-order valence-electron chi connectivity index (χ0n) is 16.7. The van der Waals surface area contributed by atoms with Crippen LogP contribution in [0.2, 0.25) is 0 Å². The molecule has 2 aliphatic rings. The lowest BCUT2D eigenvalue weighted by Gasteiger charge is -2.38. The maximum Gasteiger partial charge on any atom is 0.0903 e. The second-order valence-corrected chi connectivity index (χ2v) is 9.16. The highest BCUT2D eigenvalue weighted by Crippen LogP contribution is 2.44. The lowest BCUT2D eigenvalue weighted by atomic mass is 9.77. The highest BCUT2D eigenvalue weighted by atomic mass is 32.1. The molecule has 1 fully saturated rings. The number of hydrogen-bond donors (Lipinski definition) is 0. The Labute approximate surface area is 176 Å². The van der Waals surface area contributed by atoms with Crippen molar-refractivity contribution in [2.24, 2.45) is 5.92 Å². The predicted molar refractivity (Wildman–Crippen MR) is 122 cm³/mol. The number of rotatable bonds is 3. The number of nitrogens with zero attached hydrogens (tertiary/aromatic N) is 3. The molecule has 0 saturated carbocycles. The van der Waals surface area contributed by atoms with Gasteiger partial charge in [-0.1, -0.05) is 36.9 Å². The molecule has 1 aliphatic carbocycles. The Hall–Kier alpha value is -2.72. The summed E-state index contributed by atoms with van der Waals surface area (Å²) in [5.41, 5.74) is 6.32. The Bertz CT molecular complexity index is 1060. The second-order valence-electron chi connectivity index (χ2n) is 7.93. The largest absolute Gasteiger partial charge is 0.372 e. The molecule has 0 amide bonds. The number of pyridine rings is 1. The van der Waals surface area contributed by atoms with Crippen molar-refractivity contribution in [1.82, 2.24) is 14.9 Å². The van der Waals surface area contributed by atoms with Gasteiger partial charge >= 0.3 is 0 Å². The molecule has 1 aromatic carbocycles. The van der Waals surface area contributed by atoms with Crippen molar-refractivity contribution in [3.63, 3.8) is 0 Å². The Kier molecular flexibility index (Phi) is 4.80. The lowest BCUT2D eigenvalue weighted by molar-refractivity contribution is 0.238. The molecule has 3 nitrogen and oxygen atoms in total. The van der Waals surface area contributed by atoms with Crippen molar-refractivity contribution in [2.75, 3.05) is 13.1 Å². The molecule has 1 aliphatic heterocycles. The minimum Gasteiger partial charge on any atom is -0.372 e. The van der Waals surface area contributed by atoms with Crippen LogP contribution in [0.1, 0.15) is 51.0 Å². The smallest absolute Gasteiger partial charge is 0.0903 e. The van der Waals surface area contributed by atoms with Crippen LogP contribution in [-0.4, -0.2) is 28.0 Å². The van der Waals surface area contributed by atoms with Gasteiger partial charge in [0.1, 0.15) is 0 Å². The number of benzene rings is 1. The third kappa shape index (κ3) is 3.42. The Balaban J connectivity index is 1.42. The first-order valence-electron chi connectivity index (χ1n) is 10.3. The zero-order valence-corrected chi connectivity index (χ0v) is 17.5. The minimum atomic E-state index is 0.373. The van der Waals surface area contributed by atoms with Gasteiger partial charge in [-0.25, -0.2) is 4.98 Å². The third-order valence-electron chi connectivity index (χ3n) is 6.23. The van der Waals surface area contributed by atoms with E-state index in [1.807, 2.05) is 35.9 Å². The van der Waals surface area contributed by atoms with Crippen LogP contribution in [0, 0.1) is 12.8 Å². The van der Waals surface area contributed by atoms with E-state index in [1.165, 1.54) is 27.3 Å². The quantitative estimate of drug-likeness (QED) is 0.553. The van der Waals surface area contributed by atoms with Gasteiger partial charge < -0.3 is 4.90 Å². The summed E-state index contributed by atoms with van der Waals surface area (Å²) in [6, 6.07) is 12.9. The SMILES string of the molecule is C=C(c1ccncc1)N1CCC(C2c3ccccc3C=Cc3sc(C)nc32)CC1.